The molecule has 0 saturated carbocycles. The maximum Gasteiger partial charge on any atom is 0.175 e. The lowest BCUT2D eigenvalue weighted by Gasteiger charge is -2.04. The van der Waals surface area contributed by atoms with Crippen LogP contribution >= 0.6 is 11.6 Å². The topological polar surface area (TPSA) is 32.6 Å². The molecule has 0 heterocycles. The molecule has 0 bridgehead atoms. The van der Waals surface area contributed by atoms with Crippen LogP contribution in [0.4, 0.5) is 4.39 Å². The van der Waals surface area contributed by atoms with Crippen LogP contribution in [0.2, 0.25) is 0 Å². The molecule has 76 valence electrons. The van der Waals surface area contributed by atoms with Crippen LogP contribution in [-0.2, 0) is 0 Å². The first kappa shape index (κ1) is 9.93. The molecular formula is C11H7ClFNO. The van der Waals surface area contributed by atoms with Gasteiger partial charge in [-0.3, -0.25) is 0 Å². The van der Waals surface area contributed by atoms with Gasteiger partial charge in [-0.15, -0.1) is 0 Å². The Morgan fingerprint density at radius 2 is 1.80 bits per heavy atom. The summed E-state index contributed by atoms with van der Waals surface area (Å²) in [5.41, 5.74) is 0.510. The highest BCUT2D eigenvalue weighted by Crippen LogP contribution is 2.23. The molecule has 0 aromatic heterocycles. The molecule has 0 saturated heterocycles. The Kier molecular flexibility index (Phi) is 2.56. The molecule has 0 aliphatic carbocycles. The maximum absolute atomic E-state index is 13.4. The number of halogens is 2. The lowest BCUT2D eigenvalue weighted by Crippen LogP contribution is -1.94. The van der Waals surface area contributed by atoms with E-state index >= 15 is 0 Å². The van der Waals surface area contributed by atoms with Crippen molar-refractivity contribution in [1.29, 1.82) is 0 Å². The first-order chi connectivity index (χ1) is 7.24. The third-order valence-electron chi connectivity index (χ3n) is 2.18. The molecule has 0 unspecified atom stereocenters. The number of hydrogen-bond acceptors (Lipinski definition) is 2. The van der Waals surface area contributed by atoms with Crippen LogP contribution in [0, 0.1) is 5.82 Å². The minimum absolute atomic E-state index is 0.0498. The number of rotatable bonds is 1. The number of fused-ring (bicyclic) bond motifs is 1. The van der Waals surface area contributed by atoms with Crippen molar-refractivity contribution in [2.45, 2.75) is 0 Å². The van der Waals surface area contributed by atoms with Crippen molar-refractivity contribution in [3.8, 4) is 0 Å². The summed E-state index contributed by atoms with van der Waals surface area (Å²) >= 11 is 5.70. The smallest absolute Gasteiger partial charge is 0.175 e. The van der Waals surface area contributed by atoms with E-state index in [1.54, 1.807) is 24.3 Å². The van der Waals surface area contributed by atoms with E-state index in [9.17, 15) is 4.39 Å². The molecule has 2 nitrogen and oxygen atoms in total. The summed E-state index contributed by atoms with van der Waals surface area (Å²) in [4.78, 5) is 0. The molecule has 4 heteroatoms. The van der Waals surface area contributed by atoms with Crippen molar-refractivity contribution in [2.75, 3.05) is 0 Å². The van der Waals surface area contributed by atoms with Gasteiger partial charge in [-0.2, -0.15) is 0 Å². The van der Waals surface area contributed by atoms with Gasteiger partial charge in [0.2, 0.25) is 0 Å². The largest absolute Gasteiger partial charge is 0.410 e. The zero-order valence-corrected chi connectivity index (χ0v) is 8.37. The second-order valence-electron chi connectivity index (χ2n) is 3.03. The third kappa shape index (κ3) is 1.66. The fourth-order valence-electron chi connectivity index (χ4n) is 1.50. The number of nitrogens with zero attached hydrogens (tertiary/aromatic N) is 1. The summed E-state index contributed by atoms with van der Waals surface area (Å²) in [6.07, 6.45) is 0. The van der Waals surface area contributed by atoms with E-state index in [0.717, 1.165) is 0 Å². The van der Waals surface area contributed by atoms with E-state index < -0.39 is 0 Å². The third-order valence-corrected chi connectivity index (χ3v) is 2.46. The van der Waals surface area contributed by atoms with Crippen LogP contribution in [0.3, 0.4) is 0 Å². The van der Waals surface area contributed by atoms with E-state index in [-0.39, 0.29) is 11.0 Å². The van der Waals surface area contributed by atoms with E-state index in [4.69, 9.17) is 16.8 Å². The predicted molar refractivity (Wildman–Crippen MR) is 58.1 cm³/mol. The first-order valence-electron chi connectivity index (χ1n) is 4.29. The first-order valence-corrected chi connectivity index (χ1v) is 4.67. The Morgan fingerprint density at radius 1 is 1.13 bits per heavy atom. The summed E-state index contributed by atoms with van der Waals surface area (Å²) in [7, 11) is 0. The van der Waals surface area contributed by atoms with Gasteiger partial charge in [0, 0.05) is 10.9 Å². The molecular weight excluding hydrogens is 217 g/mol. The number of oxime groups is 1. The normalized spacial score (nSPS) is 12.0. The van der Waals surface area contributed by atoms with Crippen LogP contribution in [0.5, 0.6) is 0 Å². The van der Waals surface area contributed by atoms with Crippen molar-refractivity contribution < 1.29 is 9.60 Å². The molecule has 2 aromatic rings. The fraction of sp³-hybridized carbons (Fsp3) is 0. The standard InChI is InChI=1S/C11H7ClFNO/c12-11(14-15)9-5-6-10(13)8-4-2-1-3-7(8)9/h1-6,15H. The van der Waals surface area contributed by atoms with E-state index in [1.807, 2.05) is 0 Å². The summed E-state index contributed by atoms with van der Waals surface area (Å²) in [5.74, 6) is -0.322. The number of benzene rings is 2. The van der Waals surface area contributed by atoms with Crippen LogP contribution in [-0.4, -0.2) is 10.4 Å². The van der Waals surface area contributed by atoms with Gasteiger partial charge in [0.1, 0.15) is 5.82 Å². The Hall–Kier alpha value is -1.61. The molecule has 0 spiro atoms. The van der Waals surface area contributed by atoms with Crippen molar-refractivity contribution in [1.82, 2.24) is 0 Å². The predicted octanol–water partition coefficient (Wildman–Crippen LogP) is 3.35. The van der Waals surface area contributed by atoms with Gasteiger partial charge in [-0.1, -0.05) is 41.0 Å². The highest BCUT2D eigenvalue weighted by Gasteiger charge is 2.08. The SMILES string of the molecule is ON=C(Cl)c1ccc(F)c2ccccc12. The van der Waals surface area contributed by atoms with Crippen LogP contribution in [0.1, 0.15) is 5.56 Å². The maximum atomic E-state index is 13.4. The van der Waals surface area contributed by atoms with Crippen molar-refractivity contribution in [2.24, 2.45) is 5.16 Å². The molecule has 0 aliphatic rings. The molecule has 15 heavy (non-hydrogen) atoms. The monoisotopic (exact) mass is 223 g/mol. The van der Waals surface area contributed by atoms with Gasteiger partial charge in [-0.25, -0.2) is 4.39 Å². The Labute approximate surface area is 90.6 Å². The molecule has 2 rings (SSSR count). The second-order valence-corrected chi connectivity index (χ2v) is 3.39. The minimum Gasteiger partial charge on any atom is -0.410 e. The molecule has 1 N–H and O–H groups in total. The summed E-state index contributed by atoms with van der Waals surface area (Å²) in [6, 6.07) is 9.66. The summed E-state index contributed by atoms with van der Waals surface area (Å²) in [5, 5.41) is 12.5. The fourth-order valence-corrected chi connectivity index (χ4v) is 1.66. The molecule has 0 aliphatic heterocycles. The highest BCUT2D eigenvalue weighted by molar-refractivity contribution is 6.70. The minimum atomic E-state index is -0.322. The molecule has 0 fully saturated rings. The number of hydrogen-bond donors (Lipinski definition) is 1. The Morgan fingerprint density at radius 3 is 2.47 bits per heavy atom. The van der Waals surface area contributed by atoms with Gasteiger partial charge in [0.15, 0.2) is 5.17 Å². The van der Waals surface area contributed by atoms with Crippen LogP contribution in [0.15, 0.2) is 41.6 Å². The van der Waals surface area contributed by atoms with Crippen molar-refractivity contribution in [3.63, 3.8) is 0 Å². The van der Waals surface area contributed by atoms with E-state index in [0.29, 0.717) is 16.3 Å². The van der Waals surface area contributed by atoms with Crippen LogP contribution in [0.25, 0.3) is 10.8 Å². The van der Waals surface area contributed by atoms with E-state index in [2.05, 4.69) is 5.16 Å². The summed E-state index contributed by atoms with van der Waals surface area (Å²) < 4.78 is 13.4. The second kappa shape index (κ2) is 3.87. The van der Waals surface area contributed by atoms with E-state index in [1.165, 1.54) is 12.1 Å². The van der Waals surface area contributed by atoms with Crippen molar-refractivity contribution >= 4 is 27.5 Å². The quantitative estimate of drug-likeness (QED) is 0.449. The lowest BCUT2D eigenvalue weighted by atomic mass is 10.0. The summed E-state index contributed by atoms with van der Waals surface area (Å²) in [6.45, 7) is 0. The highest BCUT2D eigenvalue weighted by atomic mass is 35.5. The van der Waals surface area contributed by atoms with Gasteiger partial charge in [0.25, 0.3) is 0 Å². The molecule has 0 amide bonds. The zero-order valence-electron chi connectivity index (χ0n) is 7.61. The Balaban J connectivity index is 2.83. The zero-order chi connectivity index (χ0) is 10.8. The average molecular weight is 224 g/mol. The van der Waals surface area contributed by atoms with Gasteiger partial charge in [0.05, 0.1) is 0 Å². The average Bonchev–Trinajstić information content (AvgIpc) is 2.29. The molecule has 0 atom stereocenters. The van der Waals surface area contributed by atoms with Gasteiger partial charge in [-0.05, 0) is 17.5 Å². The molecule has 2 aromatic carbocycles. The van der Waals surface area contributed by atoms with Gasteiger partial charge >= 0.3 is 0 Å². The van der Waals surface area contributed by atoms with Crippen molar-refractivity contribution in [3.05, 3.63) is 47.8 Å². The lowest BCUT2D eigenvalue weighted by molar-refractivity contribution is 0.321. The van der Waals surface area contributed by atoms with Crippen LogP contribution < -0.4 is 0 Å². The Bertz CT molecular complexity index is 539. The molecule has 0 radical (unpaired) electrons. The van der Waals surface area contributed by atoms with Gasteiger partial charge < -0.3 is 5.21 Å².